The van der Waals surface area contributed by atoms with Crippen LogP contribution in [-0.4, -0.2) is 0 Å². The van der Waals surface area contributed by atoms with Crippen molar-refractivity contribution in [1.29, 1.82) is 0 Å². The van der Waals surface area contributed by atoms with Crippen molar-refractivity contribution < 1.29 is 0 Å². The van der Waals surface area contributed by atoms with Crippen molar-refractivity contribution >= 4 is 0 Å². The average molecular weight is 271 g/mol. The zero-order chi connectivity index (χ0) is 14.0. The van der Waals surface area contributed by atoms with Crippen molar-refractivity contribution in [1.82, 2.24) is 0 Å². The molecule has 0 nitrogen and oxygen atoms in total. The van der Waals surface area contributed by atoms with Crippen molar-refractivity contribution in [2.45, 2.75) is 38.0 Å². The summed E-state index contributed by atoms with van der Waals surface area (Å²) < 4.78 is 0. The topological polar surface area (TPSA) is 0 Å². The Hall–Kier alpha value is -1.82. The normalized spacial score (nSPS) is 25.4. The predicted molar refractivity (Wildman–Crippen MR) is 87.2 cm³/mol. The fourth-order valence-electron chi connectivity index (χ4n) is 4.59. The van der Waals surface area contributed by atoms with Crippen LogP contribution in [0.15, 0.2) is 53.6 Å². The summed E-state index contributed by atoms with van der Waals surface area (Å²) in [6.07, 6.45) is 7.55. The van der Waals surface area contributed by atoms with Gasteiger partial charge in [-0.2, -0.15) is 0 Å². The molecule has 2 aromatic carbocycles. The number of hydrogen-bond donors (Lipinski definition) is 0. The number of allylic oxidation sites excluding steroid dienone is 2. The standard InChI is InChI=1S/C21H19/c1-14-8-9-18-17-6-2-3-7-19(17)21(20(18)11-14)10-4-5-15-12-16(15)13-21/h2-3,6-9,11-12H,4-5,10,13H2,1H3. The lowest BCUT2D eigenvalue weighted by atomic mass is 9.71. The third kappa shape index (κ3) is 1.51. The van der Waals surface area contributed by atoms with Gasteiger partial charge in [0.15, 0.2) is 0 Å². The van der Waals surface area contributed by atoms with Crippen LogP contribution in [0.1, 0.15) is 42.4 Å². The molecule has 2 aromatic rings. The minimum Gasteiger partial charge on any atom is -0.0622 e. The van der Waals surface area contributed by atoms with E-state index >= 15 is 0 Å². The van der Waals surface area contributed by atoms with Crippen molar-refractivity contribution in [2.24, 2.45) is 0 Å². The Bertz CT molecular complexity index is 793. The summed E-state index contributed by atoms with van der Waals surface area (Å²) in [5.41, 5.74) is 11.0. The molecule has 3 aliphatic rings. The molecule has 1 atom stereocenters. The van der Waals surface area contributed by atoms with Gasteiger partial charge >= 0.3 is 0 Å². The molecule has 0 heterocycles. The average Bonchev–Trinajstić information content (AvgIpc) is 3.19. The minimum atomic E-state index is 0.238. The van der Waals surface area contributed by atoms with E-state index in [0.717, 1.165) is 0 Å². The maximum Gasteiger partial charge on any atom is 0.0252 e. The molecule has 103 valence electrons. The van der Waals surface area contributed by atoms with Crippen LogP contribution in [0.4, 0.5) is 0 Å². The molecule has 3 aliphatic carbocycles. The lowest BCUT2D eigenvalue weighted by molar-refractivity contribution is 0.473. The monoisotopic (exact) mass is 271 g/mol. The molecular weight excluding hydrogens is 252 g/mol. The molecule has 1 radical (unpaired) electrons. The first-order chi connectivity index (χ1) is 10.3. The van der Waals surface area contributed by atoms with Crippen LogP contribution in [0.5, 0.6) is 0 Å². The third-order valence-electron chi connectivity index (χ3n) is 5.64. The van der Waals surface area contributed by atoms with Gasteiger partial charge in [0, 0.05) is 11.8 Å². The van der Waals surface area contributed by atoms with Crippen molar-refractivity contribution in [3.8, 4) is 11.1 Å². The fraction of sp³-hybridized carbons (Fsp3) is 0.286. The maximum atomic E-state index is 2.45. The van der Waals surface area contributed by atoms with Crippen LogP contribution in [0.2, 0.25) is 0 Å². The molecule has 5 rings (SSSR count). The molecule has 0 amide bonds. The summed E-state index contributed by atoms with van der Waals surface area (Å²) in [5, 5.41) is 0. The largest absolute Gasteiger partial charge is 0.0622 e. The van der Waals surface area contributed by atoms with Gasteiger partial charge in [0.2, 0.25) is 0 Å². The number of fused-ring (bicyclic) bond motifs is 5. The minimum absolute atomic E-state index is 0.238. The van der Waals surface area contributed by atoms with Gasteiger partial charge in [-0.1, -0.05) is 59.2 Å². The second-order valence-corrected chi connectivity index (χ2v) is 6.90. The van der Waals surface area contributed by atoms with E-state index < -0.39 is 0 Å². The first-order valence-electron chi connectivity index (χ1n) is 8.06. The summed E-state index contributed by atoms with van der Waals surface area (Å²) in [5.74, 6) is 0. The zero-order valence-electron chi connectivity index (χ0n) is 12.4. The van der Waals surface area contributed by atoms with E-state index in [2.05, 4.69) is 55.8 Å². The Labute approximate surface area is 126 Å². The predicted octanol–water partition coefficient (Wildman–Crippen LogP) is 5.35. The molecule has 0 bridgehead atoms. The second kappa shape index (κ2) is 3.88. The Balaban J connectivity index is 1.81. The maximum absolute atomic E-state index is 2.45. The first kappa shape index (κ1) is 11.8. The second-order valence-electron chi connectivity index (χ2n) is 6.90. The lowest BCUT2D eigenvalue weighted by Gasteiger charge is -2.31. The molecule has 0 saturated heterocycles. The van der Waals surface area contributed by atoms with Crippen LogP contribution in [0.3, 0.4) is 0 Å². The highest BCUT2D eigenvalue weighted by Gasteiger charge is 2.46. The van der Waals surface area contributed by atoms with E-state index in [-0.39, 0.29) is 5.41 Å². The summed E-state index contributed by atoms with van der Waals surface area (Å²) in [7, 11) is 0. The SMILES string of the molecule is Cc1ccc2c(c1)C1(CCCC3=C([CH]3)C1)c1ccccc1-2. The van der Waals surface area contributed by atoms with Gasteiger partial charge in [-0.05, 0) is 54.9 Å². The Morgan fingerprint density at radius 3 is 2.71 bits per heavy atom. The van der Waals surface area contributed by atoms with Gasteiger partial charge in [0.1, 0.15) is 0 Å². The van der Waals surface area contributed by atoms with Gasteiger partial charge in [-0.25, -0.2) is 0 Å². The molecular formula is C21H19. The van der Waals surface area contributed by atoms with Crippen molar-refractivity contribution in [3.63, 3.8) is 0 Å². The van der Waals surface area contributed by atoms with E-state index in [4.69, 9.17) is 0 Å². The Morgan fingerprint density at radius 1 is 0.905 bits per heavy atom. The van der Waals surface area contributed by atoms with Crippen molar-refractivity contribution in [2.75, 3.05) is 0 Å². The molecule has 0 heteroatoms. The zero-order valence-corrected chi connectivity index (χ0v) is 12.4. The molecule has 0 fully saturated rings. The van der Waals surface area contributed by atoms with Crippen LogP contribution < -0.4 is 0 Å². The number of hydrogen-bond acceptors (Lipinski definition) is 0. The fourth-order valence-corrected chi connectivity index (χ4v) is 4.59. The third-order valence-corrected chi connectivity index (χ3v) is 5.64. The highest BCUT2D eigenvalue weighted by atomic mass is 14.5. The van der Waals surface area contributed by atoms with Gasteiger partial charge < -0.3 is 0 Å². The number of rotatable bonds is 0. The van der Waals surface area contributed by atoms with Gasteiger partial charge in [-0.3, -0.25) is 0 Å². The summed E-state index contributed by atoms with van der Waals surface area (Å²) in [6, 6.07) is 16.1. The molecule has 21 heavy (non-hydrogen) atoms. The smallest absolute Gasteiger partial charge is 0.0252 e. The van der Waals surface area contributed by atoms with Crippen LogP contribution in [-0.2, 0) is 5.41 Å². The highest BCUT2D eigenvalue weighted by molar-refractivity contribution is 5.82. The summed E-state index contributed by atoms with van der Waals surface area (Å²) in [4.78, 5) is 0. The quantitative estimate of drug-likeness (QED) is 0.606. The number of benzene rings is 2. The molecule has 1 spiro atoms. The van der Waals surface area contributed by atoms with Crippen LogP contribution in [0.25, 0.3) is 11.1 Å². The highest BCUT2D eigenvalue weighted by Crippen LogP contribution is 2.58. The van der Waals surface area contributed by atoms with Gasteiger partial charge in [-0.15, -0.1) is 0 Å². The number of aryl methyl sites for hydroxylation is 1. The van der Waals surface area contributed by atoms with Crippen LogP contribution in [0, 0.1) is 13.3 Å². The summed E-state index contributed by atoms with van der Waals surface area (Å²) in [6.45, 7) is 2.22. The van der Waals surface area contributed by atoms with Crippen molar-refractivity contribution in [3.05, 3.63) is 76.7 Å². The lowest BCUT2D eigenvalue weighted by Crippen LogP contribution is -2.25. The van der Waals surface area contributed by atoms with Crippen LogP contribution >= 0.6 is 0 Å². The van der Waals surface area contributed by atoms with Gasteiger partial charge in [0.05, 0.1) is 0 Å². The van der Waals surface area contributed by atoms with E-state index in [9.17, 15) is 0 Å². The van der Waals surface area contributed by atoms with E-state index in [0.29, 0.717) is 0 Å². The molecule has 0 saturated carbocycles. The van der Waals surface area contributed by atoms with Gasteiger partial charge in [0.25, 0.3) is 0 Å². The molecule has 1 unspecified atom stereocenters. The Morgan fingerprint density at radius 2 is 1.76 bits per heavy atom. The van der Waals surface area contributed by atoms with E-state index in [1.165, 1.54) is 42.4 Å². The first-order valence-corrected chi connectivity index (χ1v) is 8.06. The van der Waals surface area contributed by atoms with E-state index in [1.807, 2.05) is 0 Å². The molecule has 0 N–H and O–H groups in total. The molecule has 0 aromatic heterocycles. The molecule has 0 aliphatic heterocycles. The Kier molecular flexibility index (Phi) is 2.18. The summed E-state index contributed by atoms with van der Waals surface area (Å²) >= 11 is 0. The van der Waals surface area contributed by atoms with E-state index in [1.54, 1.807) is 22.3 Å².